The molecule has 0 saturated heterocycles. The number of benzene rings is 11. The Hall–Kier alpha value is -9.30. The highest BCUT2D eigenvalue weighted by Gasteiger charge is 2.24. The van der Waals surface area contributed by atoms with Crippen molar-refractivity contribution >= 4 is 32.3 Å². The van der Waals surface area contributed by atoms with Crippen LogP contribution in [-0.2, 0) is 0 Å². The Morgan fingerprint density at radius 1 is 0.265 bits per heavy atom. The molecule has 0 aliphatic heterocycles. The second-order valence-corrected chi connectivity index (χ2v) is 17.4. The molecule has 0 unspecified atom stereocenters. The van der Waals surface area contributed by atoms with Gasteiger partial charge in [-0.2, -0.15) is 5.26 Å². The van der Waals surface area contributed by atoms with E-state index in [1.807, 2.05) is 36.4 Å². The van der Waals surface area contributed by atoms with Gasteiger partial charge in [0, 0.05) is 16.7 Å². The van der Waals surface area contributed by atoms with E-state index in [9.17, 15) is 5.26 Å². The Balaban J connectivity index is 0.831. The third kappa shape index (κ3) is 6.48. The van der Waals surface area contributed by atoms with E-state index < -0.39 is 0 Å². The minimum Gasteiger partial charge on any atom is -0.208 e. The van der Waals surface area contributed by atoms with Crippen LogP contribution < -0.4 is 0 Å². The van der Waals surface area contributed by atoms with Gasteiger partial charge in [-0.15, -0.1) is 0 Å². The second-order valence-electron chi connectivity index (χ2n) is 17.4. The molecule has 0 saturated carbocycles. The summed E-state index contributed by atoms with van der Waals surface area (Å²) in [4.78, 5) is 15.4. The van der Waals surface area contributed by atoms with Crippen molar-refractivity contribution in [3.05, 3.63) is 236 Å². The molecule has 0 atom stereocenters. The van der Waals surface area contributed by atoms with Crippen LogP contribution >= 0.6 is 0 Å². The fraction of sp³-hybridized carbons (Fsp3) is 0. The summed E-state index contributed by atoms with van der Waals surface area (Å²) in [5.41, 5.74) is 16.8. The highest BCUT2D eigenvalue weighted by atomic mass is 15.0. The molecule has 11 aromatic carbocycles. The molecule has 0 fully saturated rings. The van der Waals surface area contributed by atoms with Crippen LogP contribution in [0.5, 0.6) is 0 Å². The van der Waals surface area contributed by atoms with E-state index in [0.717, 1.165) is 61.0 Å². The number of rotatable bonds is 7. The number of nitrogens with zero attached hydrogens (tertiary/aromatic N) is 4. The first-order chi connectivity index (χ1) is 33.7. The summed E-state index contributed by atoms with van der Waals surface area (Å²) in [5.74, 6) is 1.86. The Bertz CT molecular complexity index is 3990. The quantitative estimate of drug-likeness (QED) is 0.150. The van der Waals surface area contributed by atoms with Crippen molar-refractivity contribution in [2.24, 2.45) is 0 Å². The minimum atomic E-state index is 0.605. The molecular weight excluding hydrogens is 825 g/mol. The third-order valence-electron chi connectivity index (χ3n) is 13.6. The zero-order chi connectivity index (χ0) is 45.1. The highest BCUT2D eigenvalue weighted by molar-refractivity contribution is 6.18. The molecule has 0 amide bonds. The average Bonchev–Trinajstić information content (AvgIpc) is 3.75. The lowest BCUT2D eigenvalue weighted by Gasteiger charge is -2.14. The number of aromatic nitrogens is 3. The van der Waals surface area contributed by atoms with Crippen LogP contribution in [0.2, 0.25) is 0 Å². The van der Waals surface area contributed by atoms with Crippen molar-refractivity contribution in [1.82, 2.24) is 15.0 Å². The predicted octanol–water partition coefficient (Wildman–Crippen LogP) is 16.5. The Morgan fingerprint density at radius 3 is 1.46 bits per heavy atom. The molecule has 12 aromatic rings. The molecule has 1 aliphatic rings. The van der Waals surface area contributed by atoms with Gasteiger partial charge in [0.25, 0.3) is 0 Å². The van der Waals surface area contributed by atoms with E-state index in [1.54, 1.807) is 0 Å². The van der Waals surface area contributed by atoms with E-state index >= 15 is 0 Å². The number of hydrogen-bond acceptors (Lipinski definition) is 4. The maximum Gasteiger partial charge on any atom is 0.164 e. The molecule has 13 rings (SSSR count). The largest absolute Gasteiger partial charge is 0.208 e. The van der Waals surface area contributed by atoms with Crippen molar-refractivity contribution in [1.29, 1.82) is 5.26 Å². The van der Waals surface area contributed by atoms with Crippen LogP contribution in [0.3, 0.4) is 0 Å². The summed E-state index contributed by atoms with van der Waals surface area (Å²) in [5, 5.41) is 17.9. The molecule has 314 valence electrons. The number of fused-ring (bicyclic) bond motifs is 6. The maximum absolute atomic E-state index is 10.5. The van der Waals surface area contributed by atoms with Crippen molar-refractivity contribution in [3.8, 4) is 107 Å². The van der Waals surface area contributed by atoms with Crippen molar-refractivity contribution in [2.75, 3.05) is 0 Å². The fourth-order valence-electron chi connectivity index (χ4n) is 10.3. The summed E-state index contributed by atoms with van der Waals surface area (Å²) in [6.45, 7) is 0. The zero-order valence-corrected chi connectivity index (χ0v) is 36.7. The van der Waals surface area contributed by atoms with E-state index in [2.05, 4.69) is 200 Å². The number of hydrogen-bond donors (Lipinski definition) is 0. The molecule has 4 nitrogen and oxygen atoms in total. The van der Waals surface area contributed by atoms with Crippen LogP contribution in [-0.4, -0.2) is 15.0 Å². The van der Waals surface area contributed by atoms with Gasteiger partial charge in [0.05, 0.1) is 11.6 Å². The Kier molecular flexibility index (Phi) is 9.20. The molecule has 0 N–H and O–H groups in total. The first-order valence-electron chi connectivity index (χ1n) is 22.9. The molecule has 1 aliphatic carbocycles. The van der Waals surface area contributed by atoms with Gasteiger partial charge >= 0.3 is 0 Å². The van der Waals surface area contributed by atoms with Gasteiger partial charge in [-0.05, 0) is 111 Å². The van der Waals surface area contributed by atoms with Crippen molar-refractivity contribution < 1.29 is 0 Å². The highest BCUT2D eigenvalue weighted by Crippen LogP contribution is 2.49. The lowest BCUT2D eigenvalue weighted by molar-refractivity contribution is 1.08. The van der Waals surface area contributed by atoms with E-state index in [0.29, 0.717) is 23.0 Å². The fourth-order valence-corrected chi connectivity index (χ4v) is 10.3. The topological polar surface area (TPSA) is 62.5 Å². The molecule has 0 radical (unpaired) electrons. The molecule has 1 heterocycles. The third-order valence-corrected chi connectivity index (χ3v) is 13.6. The van der Waals surface area contributed by atoms with E-state index in [1.165, 1.54) is 54.7 Å². The Labute approximate surface area is 393 Å². The van der Waals surface area contributed by atoms with Crippen LogP contribution in [0.1, 0.15) is 5.56 Å². The normalized spacial score (nSPS) is 11.5. The van der Waals surface area contributed by atoms with Gasteiger partial charge in [0.2, 0.25) is 0 Å². The summed E-state index contributed by atoms with van der Waals surface area (Å²) in [6, 6.07) is 83.3. The van der Waals surface area contributed by atoms with E-state index in [4.69, 9.17) is 15.0 Å². The monoisotopic (exact) mass is 862 g/mol. The zero-order valence-electron chi connectivity index (χ0n) is 36.7. The Morgan fingerprint density at radius 2 is 0.735 bits per heavy atom. The van der Waals surface area contributed by atoms with Gasteiger partial charge < -0.3 is 0 Å². The minimum absolute atomic E-state index is 0.605. The SMILES string of the molecule is N#Cc1cc(-c2ccccc2-c2ccc(-c3nc(-c4ccccc4)nc(-c4ccc5c6c(cccc46)-c4ccccc4-5)n3)cc2)ccc1-c1ccc(-c2cccc3c2ccc2ccccc23)cc1. The van der Waals surface area contributed by atoms with Gasteiger partial charge in [0.1, 0.15) is 0 Å². The molecule has 0 bridgehead atoms. The smallest absolute Gasteiger partial charge is 0.164 e. The van der Waals surface area contributed by atoms with E-state index in [-0.39, 0.29) is 0 Å². The molecule has 4 heteroatoms. The van der Waals surface area contributed by atoms with Gasteiger partial charge in [-0.1, -0.05) is 218 Å². The summed E-state index contributed by atoms with van der Waals surface area (Å²) < 4.78 is 0. The first kappa shape index (κ1) is 39.1. The van der Waals surface area contributed by atoms with Gasteiger partial charge in [-0.3, -0.25) is 0 Å². The van der Waals surface area contributed by atoms with Gasteiger partial charge in [0.15, 0.2) is 17.5 Å². The second kappa shape index (κ2) is 16.0. The molecule has 1 aromatic heterocycles. The lowest BCUT2D eigenvalue weighted by atomic mass is 9.90. The van der Waals surface area contributed by atoms with Crippen LogP contribution in [0.15, 0.2) is 231 Å². The molecule has 68 heavy (non-hydrogen) atoms. The summed E-state index contributed by atoms with van der Waals surface area (Å²) in [7, 11) is 0. The standard InChI is InChI=1S/C64H38N4/c65-39-47-38-46(33-34-48(47)41-24-26-43(27-25-41)51-20-10-21-53-50-16-5-4-12-40(50)32-35-56(51)53)52-17-7-6-15-49(52)42-28-30-45(31-29-42)63-66-62(44-13-2-1-3-14-44)67-64(68-63)60-37-36-59-55-19-9-8-18-54(55)57-22-11-23-58(60)61(57)59/h1-38H. The van der Waals surface area contributed by atoms with Crippen LogP contribution in [0.4, 0.5) is 0 Å². The first-order valence-corrected chi connectivity index (χ1v) is 22.9. The van der Waals surface area contributed by atoms with Crippen molar-refractivity contribution in [3.63, 3.8) is 0 Å². The van der Waals surface area contributed by atoms with Crippen LogP contribution in [0, 0.1) is 11.3 Å². The molecule has 0 spiro atoms. The van der Waals surface area contributed by atoms with Crippen LogP contribution in [0.25, 0.3) is 133 Å². The van der Waals surface area contributed by atoms with Crippen molar-refractivity contribution in [2.45, 2.75) is 0 Å². The molecular formula is C64H38N4. The average molecular weight is 863 g/mol. The number of nitriles is 1. The predicted molar refractivity (Wildman–Crippen MR) is 280 cm³/mol. The van der Waals surface area contributed by atoms with Gasteiger partial charge in [-0.25, -0.2) is 15.0 Å². The maximum atomic E-state index is 10.5. The summed E-state index contributed by atoms with van der Waals surface area (Å²) in [6.07, 6.45) is 0. The lowest BCUT2D eigenvalue weighted by Crippen LogP contribution is -2.00. The summed E-state index contributed by atoms with van der Waals surface area (Å²) >= 11 is 0.